The quantitative estimate of drug-likeness (QED) is 0.816. The van der Waals surface area contributed by atoms with Gasteiger partial charge in [-0.25, -0.2) is 0 Å². The van der Waals surface area contributed by atoms with Gasteiger partial charge in [-0.15, -0.1) is 11.6 Å². The molecule has 1 aromatic rings. The first-order valence-electron chi connectivity index (χ1n) is 4.86. The number of amides is 1. The van der Waals surface area contributed by atoms with Gasteiger partial charge in [-0.1, -0.05) is 12.1 Å². The summed E-state index contributed by atoms with van der Waals surface area (Å²) in [4.78, 5) is 11.6. The van der Waals surface area contributed by atoms with Crippen LogP contribution in [0.4, 0.5) is 0 Å². The molecule has 1 unspecified atom stereocenters. The van der Waals surface area contributed by atoms with Crippen LogP contribution in [-0.4, -0.2) is 28.7 Å². The van der Waals surface area contributed by atoms with Crippen molar-refractivity contribution >= 4 is 28.3 Å². The number of carbonyl (C=O) groups excluding carboxylic acids is 1. The van der Waals surface area contributed by atoms with Gasteiger partial charge in [-0.3, -0.25) is 9.00 Å². The molecule has 5 heteroatoms. The molecule has 16 heavy (non-hydrogen) atoms. The van der Waals surface area contributed by atoms with Gasteiger partial charge in [0.15, 0.2) is 0 Å². The van der Waals surface area contributed by atoms with Crippen molar-refractivity contribution < 1.29 is 9.00 Å². The number of alkyl halides is 1. The van der Waals surface area contributed by atoms with E-state index in [1.165, 1.54) is 0 Å². The molecule has 1 atom stereocenters. The van der Waals surface area contributed by atoms with E-state index in [0.29, 0.717) is 23.7 Å². The van der Waals surface area contributed by atoms with Gasteiger partial charge >= 0.3 is 0 Å². The summed E-state index contributed by atoms with van der Waals surface area (Å²) in [6.07, 6.45) is 1.61. The van der Waals surface area contributed by atoms with Gasteiger partial charge in [-0.05, 0) is 17.7 Å². The molecule has 1 N–H and O–H groups in total. The Hall–Kier alpha value is -0.870. The first-order chi connectivity index (χ1) is 7.63. The lowest BCUT2D eigenvalue weighted by Crippen LogP contribution is -2.27. The van der Waals surface area contributed by atoms with Crippen LogP contribution in [0, 0.1) is 0 Å². The minimum atomic E-state index is -0.880. The third-order valence-electron chi connectivity index (χ3n) is 2.02. The Morgan fingerprint density at radius 3 is 2.88 bits per heavy atom. The summed E-state index contributed by atoms with van der Waals surface area (Å²) >= 11 is 5.68. The van der Waals surface area contributed by atoms with E-state index in [9.17, 15) is 9.00 Å². The lowest BCUT2D eigenvalue weighted by molar-refractivity contribution is 0.0956. The van der Waals surface area contributed by atoms with Crippen molar-refractivity contribution in [2.45, 2.75) is 5.88 Å². The zero-order valence-electron chi connectivity index (χ0n) is 9.03. The molecular weight excluding hydrogens is 246 g/mol. The molecule has 1 amide bonds. The second-order valence-corrected chi connectivity index (χ2v) is 5.19. The van der Waals surface area contributed by atoms with Crippen LogP contribution >= 0.6 is 11.6 Å². The predicted octanol–water partition coefficient (Wildman–Crippen LogP) is 1.53. The molecule has 88 valence electrons. The van der Waals surface area contributed by atoms with Crippen molar-refractivity contribution in [1.82, 2.24) is 5.32 Å². The van der Waals surface area contributed by atoms with E-state index in [0.717, 1.165) is 5.56 Å². The second-order valence-electron chi connectivity index (χ2n) is 3.37. The Morgan fingerprint density at radius 2 is 2.25 bits per heavy atom. The number of halogens is 1. The minimum Gasteiger partial charge on any atom is -0.351 e. The second kappa shape index (κ2) is 6.66. The first-order valence-corrected chi connectivity index (χ1v) is 7.13. The van der Waals surface area contributed by atoms with Crippen molar-refractivity contribution in [3.05, 3.63) is 35.4 Å². The van der Waals surface area contributed by atoms with E-state index >= 15 is 0 Å². The molecule has 0 bridgehead atoms. The summed E-state index contributed by atoms with van der Waals surface area (Å²) < 4.78 is 10.8. The third-order valence-corrected chi connectivity index (χ3v) is 3.11. The fourth-order valence-corrected chi connectivity index (χ4v) is 1.76. The van der Waals surface area contributed by atoms with Crippen molar-refractivity contribution in [1.29, 1.82) is 0 Å². The van der Waals surface area contributed by atoms with Crippen molar-refractivity contribution in [3.63, 3.8) is 0 Å². The maximum atomic E-state index is 11.6. The molecule has 0 saturated heterocycles. The standard InChI is InChI=1S/C11H14ClNO2S/c1-16(15)6-5-13-11(14)10-4-2-3-9(7-10)8-12/h2-4,7H,5-6,8H2,1H3,(H,13,14). The van der Waals surface area contributed by atoms with Crippen LogP contribution in [0.1, 0.15) is 15.9 Å². The van der Waals surface area contributed by atoms with Crippen molar-refractivity contribution in [2.75, 3.05) is 18.6 Å². The number of nitrogens with one attached hydrogen (secondary N) is 1. The summed E-state index contributed by atoms with van der Waals surface area (Å²) in [5.74, 6) is 0.707. The Labute approximate surface area is 103 Å². The van der Waals surface area contributed by atoms with Gasteiger partial charge < -0.3 is 5.32 Å². The number of hydrogen-bond acceptors (Lipinski definition) is 2. The van der Waals surface area contributed by atoms with E-state index < -0.39 is 10.8 Å². The molecule has 0 fully saturated rings. The highest BCUT2D eigenvalue weighted by Gasteiger charge is 2.05. The SMILES string of the molecule is CS(=O)CCNC(=O)c1cccc(CCl)c1. The molecule has 0 radical (unpaired) electrons. The number of rotatable bonds is 5. The predicted molar refractivity (Wildman–Crippen MR) is 67.3 cm³/mol. The van der Waals surface area contributed by atoms with E-state index in [1.807, 2.05) is 6.07 Å². The highest BCUT2D eigenvalue weighted by atomic mass is 35.5. The largest absolute Gasteiger partial charge is 0.351 e. The molecule has 0 aromatic heterocycles. The maximum Gasteiger partial charge on any atom is 0.251 e. The van der Waals surface area contributed by atoms with E-state index in [-0.39, 0.29) is 5.91 Å². The fourth-order valence-electron chi connectivity index (χ4n) is 1.21. The first kappa shape index (κ1) is 13.2. The average Bonchev–Trinajstić information content (AvgIpc) is 2.28. The monoisotopic (exact) mass is 259 g/mol. The zero-order valence-corrected chi connectivity index (χ0v) is 10.6. The molecule has 0 aliphatic rings. The number of carbonyl (C=O) groups is 1. The van der Waals surface area contributed by atoms with Gasteiger partial charge in [0.1, 0.15) is 0 Å². The summed E-state index contributed by atoms with van der Waals surface area (Å²) in [6.45, 7) is 0.424. The maximum absolute atomic E-state index is 11.6. The van der Waals surface area contributed by atoms with E-state index in [4.69, 9.17) is 11.6 Å². The molecule has 0 spiro atoms. The van der Waals surface area contributed by atoms with Gasteiger partial charge in [0.2, 0.25) is 0 Å². The van der Waals surface area contributed by atoms with Crippen LogP contribution in [0.3, 0.4) is 0 Å². The normalized spacial score (nSPS) is 12.1. The summed E-state index contributed by atoms with van der Waals surface area (Å²) in [5.41, 5.74) is 1.49. The third kappa shape index (κ3) is 4.33. The zero-order chi connectivity index (χ0) is 12.0. The Bertz CT molecular complexity index is 395. The molecule has 0 saturated carbocycles. The molecule has 0 aliphatic carbocycles. The van der Waals surface area contributed by atoms with E-state index in [1.54, 1.807) is 24.5 Å². The molecular formula is C11H14ClNO2S. The molecule has 1 aromatic carbocycles. The number of hydrogen-bond donors (Lipinski definition) is 1. The van der Waals surface area contributed by atoms with Crippen LogP contribution in [0.15, 0.2) is 24.3 Å². The Kier molecular flexibility index (Phi) is 5.49. The van der Waals surface area contributed by atoms with Crippen LogP contribution < -0.4 is 5.32 Å². The minimum absolute atomic E-state index is 0.155. The molecule has 3 nitrogen and oxygen atoms in total. The lowest BCUT2D eigenvalue weighted by Gasteiger charge is -2.05. The topological polar surface area (TPSA) is 46.2 Å². The highest BCUT2D eigenvalue weighted by Crippen LogP contribution is 2.07. The Morgan fingerprint density at radius 1 is 1.50 bits per heavy atom. The molecule has 0 heterocycles. The van der Waals surface area contributed by atoms with Crippen molar-refractivity contribution in [3.8, 4) is 0 Å². The molecule has 1 rings (SSSR count). The number of benzene rings is 1. The van der Waals surface area contributed by atoms with Crippen LogP contribution in [0.5, 0.6) is 0 Å². The lowest BCUT2D eigenvalue weighted by atomic mass is 10.1. The van der Waals surface area contributed by atoms with Crippen LogP contribution in [0.2, 0.25) is 0 Å². The van der Waals surface area contributed by atoms with Crippen LogP contribution in [-0.2, 0) is 16.7 Å². The van der Waals surface area contributed by atoms with Crippen molar-refractivity contribution in [2.24, 2.45) is 0 Å². The van der Waals surface area contributed by atoms with Gasteiger partial charge in [0, 0.05) is 40.8 Å². The van der Waals surface area contributed by atoms with Gasteiger partial charge in [0.05, 0.1) is 0 Å². The Balaban J connectivity index is 2.55. The molecule has 0 aliphatic heterocycles. The average molecular weight is 260 g/mol. The van der Waals surface area contributed by atoms with Crippen LogP contribution in [0.25, 0.3) is 0 Å². The summed E-state index contributed by atoms with van der Waals surface area (Å²) in [5, 5.41) is 2.71. The van der Waals surface area contributed by atoms with Gasteiger partial charge in [0.25, 0.3) is 5.91 Å². The highest BCUT2D eigenvalue weighted by molar-refractivity contribution is 7.84. The summed E-state index contributed by atoms with van der Waals surface area (Å²) in [6, 6.07) is 7.15. The smallest absolute Gasteiger partial charge is 0.251 e. The van der Waals surface area contributed by atoms with Gasteiger partial charge in [-0.2, -0.15) is 0 Å². The van der Waals surface area contributed by atoms with E-state index in [2.05, 4.69) is 5.32 Å². The summed E-state index contributed by atoms with van der Waals surface area (Å²) in [7, 11) is -0.880. The fraction of sp³-hybridized carbons (Fsp3) is 0.364.